The van der Waals surface area contributed by atoms with Crippen LogP contribution >= 0.6 is 0 Å². The van der Waals surface area contributed by atoms with Crippen LogP contribution in [-0.4, -0.2) is 54.9 Å². The standard InChI is InChI=1S/C20H22N2O3/c1-25-18-10-6-5-9-17(18)15-19(23)21-11-13-22(14-12-21)20(24)16-7-3-2-4-8-16/h2-10H,11-15H2,1H3. The van der Waals surface area contributed by atoms with Crippen LogP contribution in [0, 0.1) is 0 Å². The summed E-state index contributed by atoms with van der Waals surface area (Å²) in [6.45, 7) is 2.25. The smallest absolute Gasteiger partial charge is 0.253 e. The van der Waals surface area contributed by atoms with Gasteiger partial charge in [-0.15, -0.1) is 0 Å². The Morgan fingerprint density at radius 3 is 2.16 bits per heavy atom. The maximum atomic E-state index is 12.5. The number of hydrogen-bond donors (Lipinski definition) is 0. The number of ether oxygens (including phenoxy) is 1. The third kappa shape index (κ3) is 3.99. The van der Waals surface area contributed by atoms with E-state index in [2.05, 4.69) is 0 Å². The highest BCUT2D eigenvalue weighted by Crippen LogP contribution is 2.19. The predicted molar refractivity (Wildman–Crippen MR) is 95.6 cm³/mol. The first-order chi connectivity index (χ1) is 12.2. The molecule has 1 heterocycles. The molecule has 0 N–H and O–H groups in total. The van der Waals surface area contributed by atoms with E-state index in [9.17, 15) is 9.59 Å². The monoisotopic (exact) mass is 338 g/mol. The maximum absolute atomic E-state index is 12.5. The molecule has 1 saturated heterocycles. The minimum atomic E-state index is 0.0254. The van der Waals surface area contributed by atoms with Crippen LogP contribution in [-0.2, 0) is 11.2 Å². The van der Waals surface area contributed by atoms with Gasteiger partial charge in [-0.25, -0.2) is 0 Å². The molecule has 3 rings (SSSR count). The summed E-state index contributed by atoms with van der Waals surface area (Å²) >= 11 is 0. The maximum Gasteiger partial charge on any atom is 0.253 e. The Balaban J connectivity index is 1.57. The number of piperazine rings is 1. The second kappa shape index (κ2) is 7.83. The van der Waals surface area contributed by atoms with E-state index in [1.165, 1.54) is 0 Å². The van der Waals surface area contributed by atoms with Gasteiger partial charge in [-0.3, -0.25) is 9.59 Å². The molecule has 0 unspecified atom stereocenters. The fourth-order valence-corrected chi connectivity index (χ4v) is 3.05. The van der Waals surface area contributed by atoms with Crippen molar-refractivity contribution in [3.8, 4) is 5.75 Å². The van der Waals surface area contributed by atoms with Gasteiger partial charge in [0.1, 0.15) is 5.75 Å². The average molecular weight is 338 g/mol. The summed E-state index contributed by atoms with van der Waals surface area (Å²) in [6.07, 6.45) is 0.316. The highest BCUT2D eigenvalue weighted by Gasteiger charge is 2.25. The first-order valence-electron chi connectivity index (χ1n) is 8.43. The van der Waals surface area contributed by atoms with E-state index >= 15 is 0 Å². The first-order valence-corrected chi connectivity index (χ1v) is 8.43. The summed E-state index contributed by atoms with van der Waals surface area (Å²) in [4.78, 5) is 28.6. The van der Waals surface area contributed by atoms with E-state index < -0.39 is 0 Å². The van der Waals surface area contributed by atoms with Crippen molar-refractivity contribution in [3.05, 3.63) is 65.7 Å². The zero-order valence-corrected chi connectivity index (χ0v) is 14.4. The number of para-hydroxylation sites is 1. The van der Waals surface area contributed by atoms with Gasteiger partial charge in [0, 0.05) is 37.3 Å². The second-order valence-electron chi connectivity index (χ2n) is 6.03. The SMILES string of the molecule is COc1ccccc1CC(=O)N1CCN(C(=O)c2ccccc2)CC1. The molecule has 1 aliphatic heterocycles. The lowest BCUT2D eigenvalue weighted by molar-refractivity contribution is -0.131. The zero-order chi connectivity index (χ0) is 17.6. The molecule has 5 heteroatoms. The Bertz CT molecular complexity index is 738. The predicted octanol–water partition coefficient (Wildman–Crippen LogP) is 2.22. The fraction of sp³-hybridized carbons (Fsp3) is 0.300. The molecule has 130 valence electrons. The largest absolute Gasteiger partial charge is 0.496 e. The summed E-state index contributed by atoms with van der Waals surface area (Å²) in [5.74, 6) is 0.822. The summed E-state index contributed by atoms with van der Waals surface area (Å²) in [5, 5.41) is 0. The Morgan fingerprint density at radius 2 is 1.48 bits per heavy atom. The summed E-state index contributed by atoms with van der Waals surface area (Å²) in [6, 6.07) is 16.8. The minimum absolute atomic E-state index is 0.0254. The van der Waals surface area contributed by atoms with Crippen LogP contribution < -0.4 is 4.74 Å². The molecule has 0 aromatic heterocycles. The summed E-state index contributed by atoms with van der Waals surface area (Å²) in [5.41, 5.74) is 1.58. The highest BCUT2D eigenvalue weighted by atomic mass is 16.5. The molecule has 0 saturated carbocycles. The van der Waals surface area contributed by atoms with Crippen molar-refractivity contribution in [2.75, 3.05) is 33.3 Å². The normalized spacial score (nSPS) is 14.3. The van der Waals surface area contributed by atoms with Crippen LogP contribution in [0.4, 0.5) is 0 Å². The van der Waals surface area contributed by atoms with E-state index in [0.717, 1.165) is 11.3 Å². The quantitative estimate of drug-likeness (QED) is 0.859. The number of carbonyl (C=O) groups excluding carboxylic acids is 2. The van der Waals surface area contributed by atoms with Gasteiger partial charge >= 0.3 is 0 Å². The number of amides is 2. The van der Waals surface area contributed by atoms with E-state index in [1.807, 2.05) is 64.4 Å². The fourth-order valence-electron chi connectivity index (χ4n) is 3.05. The molecule has 0 bridgehead atoms. The Hall–Kier alpha value is -2.82. The van der Waals surface area contributed by atoms with Crippen LogP contribution in [0.5, 0.6) is 5.75 Å². The molecule has 25 heavy (non-hydrogen) atoms. The van der Waals surface area contributed by atoms with Gasteiger partial charge in [0.15, 0.2) is 0 Å². The van der Waals surface area contributed by atoms with Crippen molar-refractivity contribution >= 4 is 11.8 Å². The summed E-state index contributed by atoms with van der Waals surface area (Å²) in [7, 11) is 1.61. The molecule has 2 aromatic rings. The van der Waals surface area contributed by atoms with E-state index in [4.69, 9.17) is 4.74 Å². The van der Waals surface area contributed by atoms with Crippen molar-refractivity contribution in [1.82, 2.24) is 9.80 Å². The first kappa shape index (κ1) is 17.0. The molecule has 2 aromatic carbocycles. The van der Waals surface area contributed by atoms with E-state index in [-0.39, 0.29) is 11.8 Å². The third-order valence-corrected chi connectivity index (χ3v) is 4.47. The molecule has 1 aliphatic rings. The van der Waals surface area contributed by atoms with Gasteiger partial charge in [0.25, 0.3) is 5.91 Å². The Morgan fingerprint density at radius 1 is 0.880 bits per heavy atom. The number of rotatable bonds is 4. The number of nitrogens with zero attached hydrogens (tertiary/aromatic N) is 2. The van der Waals surface area contributed by atoms with Crippen molar-refractivity contribution in [2.45, 2.75) is 6.42 Å². The topological polar surface area (TPSA) is 49.9 Å². The van der Waals surface area contributed by atoms with Crippen LogP contribution in [0.1, 0.15) is 15.9 Å². The molecular formula is C20H22N2O3. The van der Waals surface area contributed by atoms with Crippen LogP contribution in [0.2, 0.25) is 0 Å². The number of hydrogen-bond acceptors (Lipinski definition) is 3. The van der Waals surface area contributed by atoms with Gasteiger partial charge in [0.2, 0.25) is 5.91 Å². The van der Waals surface area contributed by atoms with Crippen LogP contribution in [0.25, 0.3) is 0 Å². The van der Waals surface area contributed by atoms with Gasteiger partial charge in [-0.1, -0.05) is 36.4 Å². The van der Waals surface area contributed by atoms with Crippen molar-refractivity contribution in [3.63, 3.8) is 0 Å². The minimum Gasteiger partial charge on any atom is -0.496 e. The lowest BCUT2D eigenvalue weighted by Gasteiger charge is -2.35. The van der Waals surface area contributed by atoms with Crippen molar-refractivity contribution < 1.29 is 14.3 Å². The van der Waals surface area contributed by atoms with Crippen LogP contribution in [0.3, 0.4) is 0 Å². The van der Waals surface area contributed by atoms with E-state index in [0.29, 0.717) is 38.2 Å². The molecule has 0 spiro atoms. The van der Waals surface area contributed by atoms with Crippen LogP contribution in [0.15, 0.2) is 54.6 Å². The number of methoxy groups -OCH3 is 1. The number of benzene rings is 2. The van der Waals surface area contributed by atoms with Crippen molar-refractivity contribution in [1.29, 1.82) is 0 Å². The zero-order valence-electron chi connectivity index (χ0n) is 14.4. The summed E-state index contributed by atoms with van der Waals surface area (Å²) < 4.78 is 5.31. The Labute approximate surface area is 147 Å². The van der Waals surface area contributed by atoms with Gasteiger partial charge < -0.3 is 14.5 Å². The molecule has 0 atom stereocenters. The molecule has 2 amide bonds. The number of carbonyl (C=O) groups is 2. The van der Waals surface area contributed by atoms with Gasteiger partial charge in [-0.05, 0) is 18.2 Å². The van der Waals surface area contributed by atoms with Crippen molar-refractivity contribution in [2.24, 2.45) is 0 Å². The van der Waals surface area contributed by atoms with Gasteiger partial charge in [-0.2, -0.15) is 0 Å². The third-order valence-electron chi connectivity index (χ3n) is 4.47. The molecule has 0 radical (unpaired) electrons. The lowest BCUT2D eigenvalue weighted by Crippen LogP contribution is -2.51. The molecular weight excluding hydrogens is 316 g/mol. The van der Waals surface area contributed by atoms with E-state index in [1.54, 1.807) is 7.11 Å². The average Bonchev–Trinajstić information content (AvgIpc) is 2.68. The molecule has 5 nitrogen and oxygen atoms in total. The lowest BCUT2D eigenvalue weighted by atomic mass is 10.1. The molecule has 1 fully saturated rings. The van der Waals surface area contributed by atoms with Gasteiger partial charge in [0.05, 0.1) is 13.5 Å². The Kier molecular flexibility index (Phi) is 5.33. The highest BCUT2D eigenvalue weighted by molar-refractivity contribution is 5.94. The second-order valence-corrected chi connectivity index (χ2v) is 6.03. The molecule has 0 aliphatic carbocycles.